The molecule has 1 aromatic carbocycles. The molecule has 0 spiro atoms. The second-order valence-corrected chi connectivity index (χ2v) is 3.72. The fourth-order valence-corrected chi connectivity index (χ4v) is 1.82. The highest BCUT2D eigenvalue weighted by atomic mass is 16.3. The summed E-state index contributed by atoms with van der Waals surface area (Å²) in [6.07, 6.45) is 3.79. The zero-order chi connectivity index (χ0) is 10.8. The lowest BCUT2D eigenvalue weighted by molar-refractivity contribution is 0.541. The molecule has 2 aromatic rings. The van der Waals surface area contributed by atoms with E-state index in [1.165, 1.54) is 5.56 Å². The van der Waals surface area contributed by atoms with Gasteiger partial charge in [-0.2, -0.15) is 0 Å². The average molecular weight is 212 g/mol. The predicted octanol–water partition coefficient (Wildman–Crippen LogP) is 2.47. The monoisotopic (exact) mass is 212 g/mol. The number of nitrogens with one attached hydrogen (secondary N) is 2. The first kappa shape index (κ1) is 9.24. The lowest BCUT2D eigenvalue weighted by Gasteiger charge is -2.07. The largest absolute Gasteiger partial charge is 0.463 e. The third-order valence-electron chi connectivity index (χ3n) is 2.64. The van der Waals surface area contributed by atoms with Crippen molar-refractivity contribution in [3.05, 3.63) is 66.1 Å². The van der Waals surface area contributed by atoms with Crippen molar-refractivity contribution in [3.8, 4) is 0 Å². The zero-order valence-corrected chi connectivity index (χ0v) is 8.68. The molecule has 2 heterocycles. The first-order chi connectivity index (χ1) is 7.93. The topological polar surface area (TPSA) is 37.2 Å². The van der Waals surface area contributed by atoms with Crippen LogP contribution in [0.1, 0.15) is 17.4 Å². The summed E-state index contributed by atoms with van der Waals surface area (Å²) < 4.78 is 5.33. The second kappa shape index (κ2) is 3.87. The molecule has 0 aliphatic carbocycles. The Kier molecular flexibility index (Phi) is 2.23. The molecule has 0 bridgehead atoms. The van der Waals surface area contributed by atoms with Crippen molar-refractivity contribution in [2.75, 3.05) is 0 Å². The van der Waals surface area contributed by atoms with Crippen molar-refractivity contribution < 1.29 is 4.42 Å². The highest BCUT2D eigenvalue weighted by Gasteiger charge is 2.18. The first-order valence-electron chi connectivity index (χ1n) is 5.26. The first-order valence-corrected chi connectivity index (χ1v) is 5.26. The van der Waals surface area contributed by atoms with Crippen LogP contribution < -0.4 is 10.9 Å². The van der Waals surface area contributed by atoms with E-state index in [-0.39, 0.29) is 6.04 Å². The van der Waals surface area contributed by atoms with Crippen LogP contribution in [0.3, 0.4) is 0 Å². The van der Waals surface area contributed by atoms with E-state index in [1.807, 2.05) is 30.3 Å². The Bertz CT molecular complexity index is 488. The van der Waals surface area contributed by atoms with E-state index in [0.717, 1.165) is 11.5 Å². The molecule has 1 aromatic heterocycles. The van der Waals surface area contributed by atoms with Gasteiger partial charge < -0.3 is 9.84 Å². The van der Waals surface area contributed by atoms with Crippen LogP contribution in [0.5, 0.6) is 0 Å². The summed E-state index contributed by atoms with van der Waals surface area (Å²) in [5, 5.41) is 0. The zero-order valence-electron chi connectivity index (χ0n) is 8.68. The molecule has 3 rings (SSSR count). The Morgan fingerprint density at radius 3 is 2.62 bits per heavy atom. The minimum atomic E-state index is 0.196. The number of hydrogen-bond acceptors (Lipinski definition) is 3. The maximum atomic E-state index is 5.33. The summed E-state index contributed by atoms with van der Waals surface area (Å²) in [5.41, 5.74) is 8.55. The van der Waals surface area contributed by atoms with Crippen LogP contribution in [0, 0.1) is 0 Å². The Hall–Kier alpha value is -2.00. The molecule has 1 atom stereocenters. The van der Waals surface area contributed by atoms with Crippen molar-refractivity contribution in [1.82, 2.24) is 10.9 Å². The third-order valence-corrected chi connectivity index (χ3v) is 2.64. The molecule has 16 heavy (non-hydrogen) atoms. The van der Waals surface area contributed by atoms with Crippen molar-refractivity contribution >= 4 is 5.70 Å². The van der Waals surface area contributed by atoms with Gasteiger partial charge in [-0.1, -0.05) is 30.3 Å². The van der Waals surface area contributed by atoms with E-state index in [0.29, 0.717) is 0 Å². The Morgan fingerprint density at radius 1 is 1.00 bits per heavy atom. The Morgan fingerprint density at radius 2 is 1.88 bits per heavy atom. The average Bonchev–Trinajstić information content (AvgIpc) is 3.01. The van der Waals surface area contributed by atoms with Gasteiger partial charge in [0.15, 0.2) is 5.76 Å². The third kappa shape index (κ3) is 1.61. The summed E-state index contributed by atoms with van der Waals surface area (Å²) >= 11 is 0. The summed E-state index contributed by atoms with van der Waals surface area (Å²) in [6, 6.07) is 14.3. The minimum absolute atomic E-state index is 0.196. The maximum Gasteiger partial charge on any atom is 0.150 e. The van der Waals surface area contributed by atoms with Gasteiger partial charge in [0, 0.05) is 0 Å². The molecule has 2 N–H and O–H groups in total. The van der Waals surface area contributed by atoms with Crippen LogP contribution in [0.4, 0.5) is 0 Å². The van der Waals surface area contributed by atoms with Crippen LogP contribution >= 0.6 is 0 Å². The Balaban J connectivity index is 1.87. The van der Waals surface area contributed by atoms with Gasteiger partial charge in [0.2, 0.25) is 0 Å². The molecule has 0 saturated heterocycles. The number of furan rings is 1. The molecule has 0 radical (unpaired) electrons. The molecule has 1 aliphatic rings. The van der Waals surface area contributed by atoms with E-state index >= 15 is 0 Å². The molecule has 0 saturated carbocycles. The number of hydrogen-bond donors (Lipinski definition) is 2. The predicted molar refractivity (Wildman–Crippen MR) is 62.1 cm³/mol. The number of rotatable bonds is 2. The lowest BCUT2D eigenvalue weighted by atomic mass is 10.1. The van der Waals surface area contributed by atoms with Crippen LogP contribution in [0.25, 0.3) is 5.70 Å². The van der Waals surface area contributed by atoms with Gasteiger partial charge in [-0.25, -0.2) is 5.43 Å². The second-order valence-electron chi connectivity index (χ2n) is 3.72. The molecular weight excluding hydrogens is 200 g/mol. The van der Waals surface area contributed by atoms with E-state index in [9.17, 15) is 0 Å². The minimum Gasteiger partial charge on any atom is -0.463 e. The standard InChI is InChI=1S/C13H12N2O/c1-2-5-10(6-3-1)11-9-12(15-14-11)13-7-4-8-16-13/h1-9,11,14-15H. The smallest absolute Gasteiger partial charge is 0.150 e. The van der Waals surface area contributed by atoms with Crippen LogP contribution in [0.15, 0.2) is 59.2 Å². The van der Waals surface area contributed by atoms with Gasteiger partial charge in [0.25, 0.3) is 0 Å². The van der Waals surface area contributed by atoms with Gasteiger partial charge in [-0.15, -0.1) is 0 Å². The van der Waals surface area contributed by atoms with Crippen LogP contribution in [-0.2, 0) is 0 Å². The van der Waals surface area contributed by atoms with Crippen LogP contribution in [-0.4, -0.2) is 0 Å². The molecule has 0 amide bonds. The number of hydrazine groups is 1. The summed E-state index contributed by atoms with van der Waals surface area (Å²) in [5.74, 6) is 0.853. The fraction of sp³-hybridized carbons (Fsp3) is 0.0769. The van der Waals surface area contributed by atoms with Gasteiger partial charge >= 0.3 is 0 Å². The highest BCUT2D eigenvalue weighted by molar-refractivity contribution is 5.62. The van der Waals surface area contributed by atoms with Gasteiger partial charge in [-0.05, 0) is 23.8 Å². The highest BCUT2D eigenvalue weighted by Crippen LogP contribution is 2.23. The molecule has 80 valence electrons. The summed E-state index contributed by atoms with van der Waals surface area (Å²) in [6.45, 7) is 0. The number of benzene rings is 1. The van der Waals surface area contributed by atoms with E-state index in [4.69, 9.17) is 4.42 Å². The van der Waals surface area contributed by atoms with Crippen molar-refractivity contribution in [1.29, 1.82) is 0 Å². The van der Waals surface area contributed by atoms with Crippen molar-refractivity contribution in [2.45, 2.75) is 6.04 Å². The van der Waals surface area contributed by atoms with E-state index in [2.05, 4.69) is 29.1 Å². The fourth-order valence-electron chi connectivity index (χ4n) is 1.82. The van der Waals surface area contributed by atoms with Crippen molar-refractivity contribution in [2.24, 2.45) is 0 Å². The normalized spacial score (nSPS) is 19.2. The van der Waals surface area contributed by atoms with E-state index < -0.39 is 0 Å². The SMILES string of the molecule is C1=C(c2ccco2)NNC1c1ccccc1. The maximum absolute atomic E-state index is 5.33. The summed E-state index contributed by atoms with van der Waals surface area (Å²) in [4.78, 5) is 0. The molecule has 1 unspecified atom stereocenters. The van der Waals surface area contributed by atoms with Gasteiger partial charge in [0.1, 0.15) is 0 Å². The summed E-state index contributed by atoms with van der Waals surface area (Å²) in [7, 11) is 0. The van der Waals surface area contributed by atoms with Crippen LogP contribution in [0.2, 0.25) is 0 Å². The van der Waals surface area contributed by atoms with Gasteiger partial charge in [-0.3, -0.25) is 0 Å². The molecule has 0 fully saturated rings. The van der Waals surface area contributed by atoms with Gasteiger partial charge in [0.05, 0.1) is 18.0 Å². The molecule has 3 nitrogen and oxygen atoms in total. The lowest BCUT2D eigenvalue weighted by Crippen LogP contribution is -2.26. The quantitative estimate of drug-likeness (QED) is 0.803. The molecule has 1 aliphatic heterocycles. The van der Waals surface area contributed by atoms with E-state index in [1.54, 1.807) is 6.26 Å². The molecular formula is C13H12N2O. The Labute approximate surface area is 93.8 Å². The molecule has 3 heteroatoms. The van der Waals surface area contributed by atoms with Crippen molar-refractivity contribution in [3.63, 3.8) is 0 Å².